The van der Waals surface area contributed by atoms with Crippen molar-refractivity contribution in [3.05, 3.63) is 108 Å². The predicted molar refractivity (Wildman–Crippen MR) is 133 cm³/mol. The highest BCUT2D eigenvalue weighted by atomic mass is 35.5. The Morgan fingerprint density at radius 3 is 2.35 bits per heavy atom. The second-order valence-electron chi connectivity index (χ2n) is 7.44. The summed E-state index contributed by atoms with van der Waals surface area (Å²) in [6, 6.07) is 22.6. The van der Waals surface area contributed by atoms with Gasteiger partial charge >= 0.3 is 0 Å². The lowest BCUT2D eigenvalue weighted by molar-refractivity contribution is -0.143. The van der Waals surface area contributed by atoms with E-state index in [1.54, 1.807) is 37.5 Å². The summed E-state index contributed by atoms with van der Waals surface area (Å²) in [6.07, 6.45) is 1.59. The lowest BCUT2D eigenvalue weighted by atomic mass is 10.0. The number of nitrogens with zero attached hydrogens (tertiary/aromatic N) is 1. The standard InChI is InChI=1S/C27H27ClN2O4/c1-3-17-29-27(32)26(21-9-5-4-6-10-21)30(18-20-13-15-22(33-2)16-14-20)25(31)19-34-24-12-8-7-11-23(24)28/h3-16,26H,1,17-19H2,2H3,(H,29,32). The molecule has 0 aromatic heterocycles. The summed E-state index contributed by atoms with van der Waals surface area (Å²) in [4.78, 5) is 28.2. The summed E-state index contributed by atoms with van der Waals surface area (Å²) in [5.74, 6) is 0.422. The monoisotopic (exact) mass is 478 g/mol. The smallest absolute Gasteiger partial charge is 0.261 e. The average molecular weight is 479 g/mol. The van der Waals surface area contributed by atoms with Crippen molar-refractivity contribution in [2.75, 3.05) is 20.3 Å². The Balaban J connectivity index is 1.94. The topological polar surface area (TPSA) is 67.9 Å². The molecular formula is C27H27ClN2O4. The Kier molecular flexibility index (Phi) is 9.12. The van der Waals surface area contributed by atoms with E-state index in [-0.39, 0.29) is 31.5 Å². The number of rotatable bonds is 11. The van der Waals surface area contributed by atoms with Crippen molar-refractivity contribution in [1.29, 1.82) is 0 Å². The normalized spacial score (nSPS) is 11.2. The molecule has 0 saturated heterocycles. The van der Waals surface area contributed by atoms with Gasteiger partial charge in [0.2, 0.25) is 5.91 Å². The van der Waals surface area contributed by atoms with Gasteiger partial charge in [0.1, 0.15) is 17.5 Å². The average Bonchev–Trinajstić information content (AvgIpc) is 2.87. The van der Waals surface area contributed by atoms with Crippen LogP contribution in [0.15, 0.2) is 91.5 Å². The van der Waals surface area contributed by atoms with Gasteiger partial charge in [0.25, 0.3) is 5.91 Å². The third kappa shape index (κ3) is 6.62. The first kappa shape index (κ1) is 24.9. The zero-order chi connectivity index (χ0) is 24.3. The minimum Gasteiger partial charge on any atom is -0.497 e. The van der Waals surface area contributed by atoms with Gasteiger partial charge in [0, 0.05) is 13.1 Å². The molecule has 3 aromatic carbocycles. The first-order chi connectivity index (χ1) is 16.5. The molecule has 0 aliphatic carbocycles. The molecule has 0 fully saturated rings. The highest BCUT2D eigenvalue weighted by molar-refractivity contribution is 6.32. The highest BCUT2D eigenvalue weighted by Crippen LogP contribution is 2.26. The molecule has 3 aromatic rings. The summed E-state index contributed by atoms with van der Waals surface area (Å²) in [6.45, 7) is 3.85. The quantitative estimate of drug-likeness (QED) is 0.402. The Labute approximate surface area is 204 Å². The van der Waals surface area contributed by atoms with Gasteiger partial charge in [-0.05, 0) is 35.4 Å². The minimum atomic E-state index is -0.870. The van der Waals surface area contributed by atoms with Crippen LogP contribution in [0.4, 0.5) is 0 Å². The van der Waals surface area contributed by atoms with E-state index in [1.807, 2.05) is 54.6 Å². The highest BCUT2D eigenvalue weighted by Gasteiger charge is 2.31. The molecular weight excluding hydrogens is 452 g/mol. The maximum atomic E-state index is 13.5. The van der Waals surface area contributed by atoms with E-state index in [0.29, 0.717) is 22.1 Å². The number of hydrogen-bond donors (Lipinski definition) is 1. The van der Waals surface area contributed by atoms with Crippen molar-refractivity contribution >= 4 is 23.4 Å². The fourth-order valence-corrected chi connectivity index (χ4v) is 3.60. The summed E-state index contributed by atoms with van der Waals surface area (Å²) < 4.78 is 10.9. The predicted octanol–water partition coefficient (Wildman–Crippen LogP) is 4.80. The molecule has 2 amide bonds. The van der Waals surface area contributed by atoms with E-state index >= 15 is 0 Å². The Bertz CT molecular complexity index is 1100. The van der Waals surface area contributed by atoms with E-state index < -0.39 is 6.04 Å². The minimum absolute atomic E-state index is 0.190. The van der Waals surface area contributed by atoms with Gasteiger partial charge in [-0.2, -0.15) is 0 Å². The second-order valence-corrected chi connectivity index (χ2v) is 7.84. The molecule has 34 heavy (non-hydrogen) atoms. The molecule has 176 valence electrons. The van der Waals surface area contributed by atoms with Crippen LogP contribution in [0, 0.1) is 0 Å². The zero-order valence-corrected chi connectivity index (χ0v) is 19.7. The molecule has 1 unspecified atom stereocenters. The molecule has 0 saturated carbocycles. The number of carbonyl (C=O) groups excluding carboxylic acids is 2. The van der Waals surface area contributed by atoms with Crippen molar-refractivity contribution in [1.82, 2.24) is 10.2 Å². The van der Waals surface area contributed by atoms with Crippen LogP contribution < -0.4 is 14.8 Å². The van der Waals surface area contributed by atoms with Crippen molar-refractivity contribution < 1.29 is 19.1 Å². The van der Waals surface area contributed by atoms with Crippen LogP contribution >= 0.6 is 11.6 Å². The van der Waals surface area contributed by atoms with Crippen LogP contribution in [0.5, 0.6) is 11.5 Å². The summed E-state index contributed by atoms with van der Waals surface area (Å²) in [7, 11) is 1.59. The number of amides is 2. The maximum absolute atomic E-state index is 13.5. The second kappa shape index (κ2) is 12.5. The van der Waals surface area contributed by atoms with Crippen molar-refractivity contribution in [2.45, 2.75) is 12.6 Å². The Morgan fingerprint density at radius 1 is 1.03 bits per heavy atom. The lowest BCUT2D eigenvalue weighted by Gasteiger charge is -2.31. The van der Waals surface area contributed by atoms with Crippen molar-refractivity contribution in [3.63, 3.8) is 0 Å². The van der Waals surface area contributed by atoms with Crippen LogP contribution in [0.1, 0.15) is 17.2 Å². The molecule has 0 heterocycles. The van der Waals surface area contributed by atoms with Crippen LogP contribution in [0.3, 0.4) is 0 Å². The summed E-state index contributed by atoms with van der Waals surface area (Å²) in [5.41, 5.74) is 1.52. The zero-order valence-electron chi connectivity index (χ0n) is 18.9. The van der Waals surface area contributed by atoms with Crippen LogP contribution in [0.2, 0.25) is 5.02 Å². The van der Waals surface area contributed by atoms with E-state index in [1.165, 1.54) is 4.90 Å². The van der Waals surface area contributed by atoms with E-state index in [2.05, 4.69) is 11.9 Å². The molecule has 0 spiro atoms. The van der Waals surface area contributed by atoms with Gasteiger partial charge in [-0.25, -0.2) is 0 Å². The largest absolute Gasteiger partial charge is 0.497 e. The van der Waals surface area contributed by atoms with Gasteiger partial charge < -0.3 is 19.7 Å². The maximum Gasteiger partial charge on any atom is 0.261 e. The number of para-hydroxylation sites is 1. The van der Waals surface area contributed by atoms with E-state index in [9.17, 15) is 9.59 Å². The molecule has 7 heteroatoms. The van der Waals surface area contributed by atoms with Gasteiger partial charge in [0.15, 0.2) is 6.61 Å². The van der Waals surface area contributed by atoms with Gasteiger partial charge in [-0.1, -0.05) is 72.3 Å². The number of methoxy groups -OCH3 is 1. The number of nitrogens with one attached hydrogen (secondary N) is 1. The van der Waals surface area contributed by atoms with Crippen LogP contribution in [-0.2, 0) is 16.1 Å². The molecule has 0 bridgehead atoms. The molecule has 1 N–H and O–H groups in total. The lowest BCUT2D eigenvalue weighted by Crippen LogP contribution is -2.45. The Morgan fingerprint density at radius 2 is 1.71 bits per heavy atom. The molecule has 0 radical (unpaired) electrons. The van der Waals surface area contributed by atoms with Gasteiger partial charge in [-0.15, -0.1) is 6.58 Å². The third-order valence-electron chi connectivity index (χ3n) is 5.12. The number of ether oxygens (including phenoxy) is 2. The molecule has 3 rings (SSSR count). The first-order valence-electron chi connectivity index (χ1n) is 10.8. The Hall–Kier alpha value is -3.77. The van der Waals surface area contributed by atoms with E-state index in [4.69, 9.17) is 21.1 Å². The third-order valence-corrected chi connectivity index (χ3v) is 5.43. The number of hydrogen-bond acceptors (Lipinski definition) is 4. The van der Waals surface area contributed by atoms with Gasteiger partial charge in [-0.3, -0.25) is 9.59 Å². The SMILES string of the molecule is C=CCNC(=O)C(c1ccccc1)N(Cc1ccc(OC)cc1)C(=O)COc1ccccc1Cl. The van der Waals surface area contributed by atoms with Gasteiger partial charge in [0.05, 0.1) is 12.1 Å². The number of benzene rings is 3. The van der Waals surface area contributed by atoms with Crippen molar-refractivity contribution in [3.8, 4) is 11.5 Å². The first-order valence-corrected chi connectivity index (χ1v) is 11.1. The summed E-state index contributed by atoms with van der Waals surface area (Å²) >= 11 is 6.18. The summed E-state index contributed by atoms with van der Waals surface area (Å²) in [5, 5.41) is 3.22. The van der Waals surface area contributed by atoms with Crippen molar-refractivity contribution in [2.24, 2.45) is 0 Å². The number of halogens is 1. The fraction of sp³-hybridized carbons (Fsp3) is 0.185. The molecule has 6 nitrogen and oxygen atoms in total. The van der Waals surface area contributed by atoms with Crippen LogP contribution in [0.25, 0.3) is 0 Å². The van der Waals surface area contributed by atoms with Crippen LogP contribution in [-0.4, -0.2) is 37.0 Å². The molecule has 0 aliphatic rings. The molecule has 1 atom stereocenters. The number of carbonyl (C=O) groups is 2. The van der Waals surface area contributed by atoms with E-state index in [0.717, 1.165) is 5.56 Å². The fourth-order valence-electron chi connectivity index (χ4n) is 3.41. The molecule has 0 aliphatic heterocycles.